The Kier molecular flexibility index (Phi) is 6.55. The number of thioether (sulfide) groups is 1. The third-order valence-corrected chi connectivity index (χ3v) is 7.41. The van der Waals surface area contributed by atoms with Gasteiger partial charge in [-0.2, -0.15) is 0 Å². The number of hydrogen-bond donors (Lipinski definition) is 1. The second-order valence-electron chi connectivity index (χ2n) is 8.07. The molecule has 1 saturated heterocycles. The molecule has 0 saturated carbocycles. The Morgan fingerprint density at radius 3 is 2.50 bits per heavy atom. The molecule has 3 aromatic carbocycles. The molecular weight excluding hydrogens is 491 g/mol. The summed E-state index contributed by atoms with van der Waals surface area (Å²) in [6, 6.07) is 21.5. The van der Waals surface area contributed by atoms with Crippen molar-refractivity contribution < 1.29 is 14.3 Å². The van der Waals surface area contributed by atoms with Crippen LogP contribution >= 0.6 is 35.0 Å². The Morgan fingerprint density at radius 1 is 0.941 bits per heavy atom. The molecule has 5 nitrogen and oxygen atoms in total. The first-order chi connectivity index (χ1) is 16.5. The van der Waals surface area contributed by atoms with Gasteiger partial charge < -0.3 is 9.30 Å². The number of ether oxygens (including phenoxy) is 1. The van der Waals surface area contributed by atoms with E-state index in [4.69, 9.17) is 27.9 Å². The van der Waals surface area contributed by atoms with Gasteiger partial charge in [0.15, 0.2) is 0 Å². The number of imide groups is 1. The summed E-state index contributed by atoms with van der Waals surface area (Å²) >= 11 is 13.3. The van der Waals surface area contributed by atoms with E-state index in [1.807, 2.05) is 66.9 Å². The molecule has 2 heterocycles. The normalized spacial score (nSPS) is 15.6. The van der Waals surface area contributed by atoms with Gasteiger partial charge in [-0.1, -0.05) is 71.4 Å². The highest BCUT2D eigenvalue weighted by Crippen LogP contribution is 2.32. The number of carbonyl (C=O) groups is 2. The zero-order chi connectivity index (χ0) is 23.7. The molecule has 5 rings (SSSR count). The molecule has 1 aliphatic rings. The first-order valence-corrected chi connectivity index (χ1v) is 12.3. The lowest BCUT2D eigenvalue weighted by Gasteiger charge is -2.09. The number of nitrogens with one attached hydrogen (secondary N) is 1. The number of rotatable bonds is 7. The largest absolute Gasteiger partial charge is 0.489 e. The molecule has 4 aromatic rings. The summed E-state index contributed by atoms with van der Waals surface area (Å²) < 4.78 is 8.16. The monoisotopic (exact) mass is 510 g/mol. The number of fused-ring (bicyclic) bond motifs is 1. The average Bonchev–Trinajstić information content (AvgIpc) is 3.33. The van der Waals surface area contributed by atoms with Crippen LogP contribution in [-0.4, -0.2) is 21.0 Å². The van der Waals surface area contributed by atoms with Crippen LogP contribution in [0.4, 0.5) is 4.79 Å². The summed E-state index contributed by atoms with van der Waals surface area (Å²) in [6.45, 7) is 1.04. The topological polar surface area (TPSA) is 60.3 Å². The molecule has 1 unspecified atom stereocenters. The van der Waals surface area contributed by atoms with Gasteiger partial charge >= 0.3 is 0 Å². The molecule has 8 heteroatoms. The van der Waals surface area contributed by atoms with Crippen molar-refractivity contribution in [2.45, 2.75) is 24.8 Å². The third-order valence-electron chi connectivity index (χ3n) is 5.69. The predicted molar refractivity (Wildman–Crippen MR) is 137 cm³/mol. The molecule has 1 N–H and O–H groups in total. The molecule has 1 fully saturated rings. The Morgan fingerprint density at radius 2 is 1.76 bits per heavy atom. The van der Waals surface area contributed by atoms with E-state index in [-0.39, 0.29) is 11.1 Å². The molecule has 0 spiro atoms. The third kappa shape index (κ3) is 4.94. The maximum atomic E-state index is 12.2. The van der Waals surface area contributed by atoms with Crippen molar-refractivity contribution >= 4 is 57.0 Å². The summed E-state index contributed by atoms with van der Waals surface area (Å²) in [7, 11) is 0. The summed E-state index contributed by atoms with van der Waals surface area (Å²) in [5.74, 6) is 0.487. The highest BCUT2D eigenvalue weighted by atomic mass is 35.5. The molecule has 0 aliphatic carbocycles. The van der Waals surface area contributed by atoms with Crippen LogP contribution in [0.25, 0.3) is 10.9 Å². The number of benzene rings is 3. The fourth-order valence-corrected chi connectivity index (χ4v) is 5.20. The zero-order valence-corrected chi connectivity index (χ0v) is 20.3. The molecule has 1 aromatic heterocycles. The lowest BCUT2D eigenvalue weighted by molar-refractivity contribution is -0.118. The number of halogens is 2. The van der Waals surface area contributed by atoms with Crippen LogP contribution in [0.15, 0.2) is 72.9 Å². The first-order valence-electron chi connectivity index (χ1n) is 10.7. The second-order valence-corrected chi connectivity index (χ2v) is 10.1. The van der Waals surface area contributed by atoms with E-state index < -0.39 is 5.25 Å². The van der Waals surface area contributed by atoms with Crippen molar-refractivity contribution in [2.75, 3.05) is 0 Å². The zero-order valence-electron chi connectivity index (χ0n) is 18.0. The highest BCUT2D eigenvalue weighted by Gasteiger charge is 2.32. The Labute approximate surface area is 211 Å². The summed E-state index contributed by atoms with van der Waals surface area (Å²) in [5.41, 5.74) is 4.06. The predicted octanol–water partition coefficient (Wildman–Crippen LogP) is 6.47. The van der Waals surface area contributed by atoms with Crippen LogP contribution in [-0.2, 0) is 24.4 Å². The minimum absolute atomic E-state index is 0.253. The van der Waals surface area contributed by atoms with Gasteiger partial charge in [-0.3, -0.25) is 14.9 Å². The van der Waals surface area contributed by atoms with Crippen molar-refractivity contribution in [1.29, 1.82) is 0 Å². The van der Waals surface area contributed by atoms with Gasteiger partial charge in [-0.05, 0) is 53.4 Å². The van der Waals surface area contributed by atoms with Crippen molar-refractivity contribution in [2.24, 2.45) is 0 Å². The van der Waals surface area contributed by atoms with Crippen LogP contribution in [0.5, 0.6) is 5.75 Å². The number of carbonyl (C=O) groups excluding carboxylic acids is 2. The quantitative estimate of drug-likeness (QED) is 0.309. The van der Waals surface area contributed by atoms with Crippen LogP contribution in [0.1, 0.15) is 16.7 Å². The van der Waals surface area contributed by atoms with Gasteiger partial charge in [0, 0.05) is 23.6 Å². The number of aromatic nitrogens is 1. The smallest absolute Gasteiger partial charge is 0.286 e. The lowest BCUT2D eigenvalue weighted by atomic mass is 10.1. The van der Waals surface area contributed by atoms with E-state index in [2.05, 4.69) is 9.88 Å². The highest BCUT2D eigenvalue weighted by molar-refractivity contribution is 8.15. The number of hydrogen-bond acceptors (Lipinski definition) is 4. The Balaban J connectivity index is 1.48. The van der Waals surface area contributed by atoms with E-state index in [9.17, 15) is 9.59 Å². The van der Waals surface area contributed by atoms with Crippen molar-refractivity contribution in [3.05, 3.63) is 99.7 Å². The number of amides is 2. The van der Waals surface area contributed by atoms with Gasteiger partial charge in [0.1, 0.15) is 12.4 Å². The number of nitrogens with zero attached hydrogens (tertiary/aromatic N) is 1. The molecule has 2 amide bonds. The van der Waals surface area contributed by atoms with Crippen LogP contribution < -0.4 is 10.1 Å². The first kappa shape index (κ1) is 22.8. The standard InChI is InChI=1S/C26H20Cl2N2O3S/c27-21-8-6-17(10-22(21)28)13-30-14-18(11-24-25(31)29-26(32)34-24)20-12-19(7-9-23(20)30)33-15-16-4-2-1-3-5-16/h1-10,12,14,24H,11,13,15H2,(H,29,31,32). The molecule has 172 valence electrons. The van der Waals surface area contributed by atoms with Crippen molar-refractivity contribution in [1.82, 2.24) is 9.88 Å². The van der Waals surface area contributed by atoms with Gasteiger partial charge in [-0.15, -0.1) is 0 Å². The average molecular weight is 511 g/mol. The maximum Gasteiger partial charge on any atom is 0.286 e. The van der Waals surface area contributed by atoms with Gasteiger partial charge in [0.25, 0.3) is 5.24 Å². The molecule has 0 radical (unpaired) electrons. The summed E-state index contributed by atoms with van der Waals surface area (Å²) in [4.78, 5) is 23.9. The minimum atomic E-state index is -0.453. The lowest BCUT2D eigenvalue weighted by Crippen LogP contribution is -2.25. The van der Waals surface area contributed by atoms with E-state index in [1.165, 1.54) is 0 Å². The molecule has 34 heavy (non-hydrogen) atoms. The van der Waals surface area contributed by atoms with Crippen LogP contribution in [0, 0.1) is 0 Å². The van der Waals surface area contributed by atoms with Crippen LogP contribution in [0.3, 0.4) is 0 Å². The van der Waals surface area contributed by atoms with E-state index >= 15 is 0 Å². The van der Waals surface area contributed by atoms with Gasteiger partial charge in [0.2, 0.25) is 5.91 Å². The summed E-state index contributed by atoms with van der Waals surface area (Å²) in [5, 5.41) is 3.61. The minimum Gasteiger partial charge on any atom is -0.489 e. The molecule has 0 bridgehead atoms. The van der Waals surface area contributed by atoms with Crippen LogP contribution in [0.2, 0.25) is 10.0 Å². The van der Waals surface area contributed by atoms with Gasteiger partial charge in [-0.25, -0.2) is 0 Å². The van der Waals surface area contributed by atoms with E-state index in [0.29, 0.717) is 29.6 Å². The van der Waals surface area contributed by atoms with Crippen molar-refractivity contribution in [3.8, 4) is 5.75 Å². The van der Waals surface area contributed by atoms with Crippen molar-refractivity contribution in [3.63, 3.8) is 0 Å². The maximum absolute atomic E-state index is 12.2. The molecular formula is C26H20Cl2N2O3S. The SMILES string of the molecule is O=C1NC(=O)C(Cc2cn(Cc3ccc(Cl)c(Cl)c3)c3ccc(OCc4ccccc4)cc23)S1. The second kappa shape index (κ2) is 9.74. The van der Waals surface area contributed by atoms with E-state index in [0.717, 1.165) is 45.1 Å². The van der Waals surface area contributed by atoms with E-state index in [1.54, 1.807) is 6.07 Å². The molecule has 1 aliphatic heterocycles. The summed E-state index contributed by atoms with van der Waals surface area (Å²) in [6.07, 6.45) is 2.47. The fourth-order valence-electron chi connectivity index (χ4n) is 4.04. The molecule has 1 atom stereocenters. The fraction of sp³-hybridized carbons (Fsp3) is 0.154. The Hall–Kier alpha value is -2.93. The van der Waals surface area contributed by atoms with Gasteiger partial charge in [0.05, 0.1) is 15.3 Å². The Bertz CT molecular complexity index is 1390.